The van der Waals surface area contributed by atoms with Crippen LogP contribution in [0.4, 0.5) is 0 Å². The number of fused-ring (bicyclic) bond motifs is 1. The fraction of sp³-hybridized carbons (Fsp3) is 0.895. The van der Waals surface area contributed by atoms with E-state index in [1.165, 1.54) is 38.5 Å². The molecule has 0 aromatic heterocycles. The summed E-state index contributed by atoms with van der Waals surface area (Å²) >= 11 is 0. The number of nitrogens with zero attached hydrogens (tertiary/aromatic N) is 2. The van der Waals surface area contributed by atoms with Gasteiger partial charge in [-0.05, 0) is 70.3 Å². The van der Waals surface area contributed by atoms with Gasteiger partial charge in [-0.1, -0.05) is 0 Å². The number of carbonyl (C=O) groups is 2. The van der Waals surface area contributed by atoms with Gasteiger partial charge in [0.15, 0.2) is 0 Å². The van der Waals surface area contributed by atoms with E-state index in [4.69, 9.17) is 0 Å². The molecule has 1 aliphatic carbocycles. The molecule has 4 aliphatic rings. The van der Waals surface area contributed by atoms with Gasteiger partial charge in [0.1, 0.15) is 0 Å². The lowest BCUT2D eigenvalue weighted by Crippen LogP contribution is -2.55. The van der Waals surface area contributed by atoms with E-state index in [1.54, 1.807) is 0 Å². The molecule has 5 heteroatoms. The summed E-state index contributed by atoms with van der Waals surface area (Å²) in [6.45, 7) is 3.38. The van der Waals surface area contributed by atoms with E-state index in [1.807, 2.05) is 4.90 Å². The lowest BCUT2D eigenvalue weighted by Gasteiger charge is -2.41. The third-order valence-electron chi connectivity index (χ3n) is 6.49. The Balaban J connectivity index is 1.34. The maximum absolute atomic E-state index is 13.1. The predicted octanol–water partition coefficient (Wildman–Crippen LogP) is 1.77. The van der Waals surface area contributed by atoms with E-state index in [-0.39, 0.29) is 17.9 Å². The molecule has 3 heterocycles. The molecule has 2 amide bonds. The number of hydrogen-bond donors (Lipinski definition) is 1. The molecule has 134 valence electrons. The number of amides is 2. The molecule has 4 fully saturated rings. The molecule has 24 heavy (non-hydrogen) atoms. The molecule has 3 saturated heterocycles. The minimum absolute atomic E-state index is 0.000541. The van der Waals surface area contributed by atoms with Gasteiger partial charge < -0.3 is 10.2 Å². The second kappa shape index (κ2) is 7.03. The van der Waals surface area contributed by atoms with Gasteiger partial charge in [0, 0.05) is 25.7 Å². The molecule has 0 spiro atoms. The van der Waals surface area contributed by atoms with Crippen molar-refractivity contribution in [1.82, 2.24) is 15.1 Å². The first kappa shape index (κ1) is 16.4. The van der Waals surface area contributed by atoms with Crippen LogP contribution in [0.1, 0.15) is 57.8 Å². The van der Waals surface area contributed by atoms with Crippen LogP contribution in [0.15, 0.2) is 0 Å². The first-order chi connectivity index (χ1) is 11.7. The summed E-state index contributed by atoms with van der Waals surface area (Å²) in [5, 5.41) is 3.10. The van der Waals surface area contributed by atoms with Crippen LogP contribution in [0.2, 0.25) is 0 Å². The Morgan fingerprint density at radius 3 is 2.54 bits per heavy atom. The molecule has 5 nitrogen and oxygen atoms in total. The summed E-state index contributed by atoms with van der Waals surface area (Å²) in [7, 11) is 0. The van der Waals surface area contributed by atoms with Gasteiger partial charge >= 0.3 is 0 Å². The summed E-state index contributed by atoms with van der Waals surface area (Å²) in [6.07, 6.45) is 10.3. The monoisotopic (exact) mass is 333 g/mol. The van der Waals surface area contributed by atoms with Crippen LogP contribution in [-0.2, 0) is 9.59 Å². The van der Waals surface area contributed by atoms with Crippen molar-refractivity contribution in [2.75, 3.05) is 26.2 Å². The SMILES string of the molecule is O=C(NCC1CC1)C1CCCN(C(=O)C2CCCC3CCCN32)C1. The van der Waals surface area contributed by atoms with E-state index in [2.05, 4.69) is 10.2 Å². The molecule has 1 N–H and O–H groups in total. The van der Waals surface area contributed by atoms with Crippen LogP contribution in [0.3, 0.4) is 0 Å². The highest BCUT2D eigenvalue weighted by Crippen LogP contribution is 2.32. The zero-order valence-corrected chi connectivity index (χ0v) is 14.7. The van der Waals surface area contributed by atoms with E-state index in [9.17, 15) is 9.59 Å². The van der Waals surface area contributed by atoms with Crippen molar-refractivity contribution in [2.24, 2.45) is 11.8 Å². The highest BCUT2D eigenvalue weighted by atomic mass is 16.2. The Bertz CT molecular complexity index is 491. The zero-order chi connectivity index (χ0) is 16.5. The summed E-state index contributed by atoms with van der Waals surface area (Å²) in [4.78, 5) is 29.9. The smallest absolute Gasteiger partial charge is 0.239 e. The van der Waals surface area contributed by atoms with Crippen molar-refractivity contribution in [3.8, 4) is 0 Å². The van der Waals surface area contributed by atoms with E-state index < -0.39 is 0 Å². The molecular formula is C19H31N3O2. The van der Waals surface area contributed by atoms with Crippen molar-refractivity contribution in [3.05, 3.63) is 0 Å². The van der Waals surface area contributed by atoms with Crippen molar-refractivity contribution in [2.45, 2.75) is 69.9 Å². The second-order valence-electron chi connectivity index (χ2n) is 8.29. The number of rotatable bonds is 4. The normalized spacial score (nSPS) is 34.0. The molecular weight excluding hydrogens is 302 g/mol. The molecule has 4 rings (SSSR count). The predicted molar refractivity (Wildman–Crippen MR) is 92.4 cm³/mol. The summed E-state index contributed by atoms with van der Waals surface area (Å²) in [5.41, 5.74) is 0. The molecule has 0 bridgehead atoms. The van der Waals surface area contributed by atoms with Gasteiger partial charge in [0.05, 0.1) is 12.0 Å². The minimum atomic E-state index is -0.000541. The Hall–Kier alpha value is -1.10. The summed E-state index contributed by atoms with van der Waals surface area (Å²) in [5.74, 6) is 1.17. The number of hydrogen-bond acceptors (Lipinski definition) is 3. The van der Waals surface area contributed by atoms with Crippen molar-refractivity contribution in [1.29, 1.82) is 0 Å². The number of likely N-dealkylation sites (tertiary alicyclic amines) is 1. The molecule has 0 radical (unpaired) electrons. The third kappa shape index (κ3) is 3.46. The van der Waals surface area contributed by atoms with E-state index >= 15 is 0 Å². The van der Waals surface area contributed by atoms with Crippen LogP contribution in [0.25, 0.3) is 0 Å². The van der Waals surface area contributed by atoms with Crippen molar-refractivity contribution >= 4 is 11.8 Å². The highest BCUT2D eigenvalue weighted by Gasteiger charge is 2.40. The quantitative estimate of drug-likeness (QED) is 0.853. The van der Waals surface area contributed by atoms with Crippen LogP contribution in [0.5, 0.6) is 0 Å². The number of piperidine rings is 2. The lowest BCUT2D eigenvalue weighted by atomic mass is 9.93. The van der Waals surface area contributed by atoms with Gasteiger partial charge in [0.25, 0.3) is 0 Å². The maximum atomic E-state index is 13.1. The fourth-order valence-electron chi connectivity index (χ4n) is 4.87. The van der Waals surface area contributed by atoms with Gasteiger partial charge in [-0.3, -0.25) is 14.5 Å². The first-order valence-corrected chi connectivity index (χ1v) is 10.0. The standard InChI is InChI=1S/C19H31N3O2/c23-18(20-12-14-8-9-14)15-4-2-10-21(13-15)19(24)17-7-1-5-16-6-3-11-22(16)17/h14-17H,1-13H2,(H,20,23). The fourth-order valence-corrected chi connectivity index (χ4v) is 4.87. The minimum Gasteiger partial charge on any atom is -0.356 e. The molecule has 3 atom stereocenters. The Kier molecular flexibility index (Phi) is 4.79. The van der Waals surface area contributed by atoms with E-state index in [0.717, 1.165) is 38.9 Å². The molecule has 0 aromatic rings. The third-order valence-corrected chi connectivity index (χ3v) is 6.49. The molecule has 0 aromatic carbocycles. The number of nitrogens with one attached hydrogen (secondary N) is 1. The molecule has 3 unspecified atom stereocenters. The second-order valence-corrected chi connectivity index (χ2v) is 8.29. The van der Waals surface area contributed by atoms with E-state index in [0.29, 0.717) is 24.4 Å². The topological polar surface area (TPSA) is 52.7 Å². The van der Waals surface area contributed by atoms with Crippen LogP contribution in [-0.4, -0.2) is 59.9 Å². The Labute approximate surface area is 145 Å². The molecule has 3 aliphatic heterocycles. The van der Waals surface area contributed by atoms with Crippen molar-refractivity contribution in [3.63, 3.8) is 0 Å². The first-order valence-electron chi connectivity index (χ1n) is 10.0. The van der Waals surface area contributed by atoms with Crippen LogP contribution < -0.4 is 5.32 Å². The maximum Gasteiger partial charge on any atom is 0.239 e. The highest BCUT2D eigenvalue weighted by molar-refractivity contribution is 5.84. The van der Waals surface area contributed by atoms with Gasteiger partial charge in [-0.2, -0.15) is 0 Å². The largest absolute Gasteiger partial charge is 0.356 e. The summed E-state index contributed by atoms with van der Waals surface area (Å²) in [6, 6.07) is 0.717. The van der Waals surface area contributed by atoms with Gasteiger partial charge in [-0.25, -0.2) is 0 Å². The summed E-state index contributed by atoms with van der Waals surface area (Å²) < 4.78 is 0. The van der Waals surface area contributed by atoms with Gasteiger partial charge in [0.2, 0.25) is 11.8 Å². The average Bonchev–Trinajstić information content (AvgIpc) is 3.33. The Morgan fingerprint density at radius 1 is 0.917 bits per heavy atom. The van der Waals surface area contributed by atoms with Crippen LogP contribution in [0, 0.1) is 11.8 Å². The van der Waals surface area contributed by atoms with Gasteiger partial charge in [-0.15, -0.1) is 0 Å². The lowest BCUT2D eigenvalue weighted by molar-refractivity contribution is -0.142. The Morgan fingerprint density at radius 2 is 1.71 bits per heavy atom. The number of carbonyl (C=O) groups excluding carboxylic acids is 2. The van der Waals surface area contributed by atoms with Crippen molar-refractivity contribution < 1.29 is 9.59 Å². The average molecular weight is 333 g/mol. The van der Waals surface area contributed by atoms with Crippen LogP contribution >= 0.6 is 0 Å². The zero-order valence-electron chi connectivity index (χ0n) is 14.7. The molecule has 1 saturated carbocycles.